The largest absolute Gasteiger partial charge is 0.355 e. The summed E-state index contributed by atoms with van der Waals surface area (Å²) in [5.41, 5.74) is 0. The highest BCUT2D eigenvalue weighted by Crippen LogP contribution is 2.17. The van der Waals surface area contributed by atoms with Gasteiger partial charge in [0.05, 0.1) is 6.54 Å². The summed E-state index contributed by atoms with van der Waals surface area (Å²) in [5, 5.41) is 5.84. The van der Waals surface area contributed by atoms with Crippen LogP contribution in [-0.4, -0.2) is 50.1 Å². The molecule has 5 heteroatoms. The third kappa shape index (κ3) is 6.24. The minimum atomic E-state index is 0. The van der Waals surface area contributed by atoms with Crippen LogP contribution in [0.1, 0.15) is 26.7 Å². The molecule has 1 atom stereocenters. The number of hydrogen-bond donors (Lipinski definition) is 2. The number of hydrogen-bond acceptors (Lipinski definition) is 3. The van der Waals surface area contributed by atoms with E-state index >= 15 is 0 Å². The van der Waals surface area contributed by atoms with Crippen LogP contribution in [0.3, 0.4) is 0 Å². The first-order chi connectivity index (χ1) is 7.63. The summed E-state index contributed by atoms with van der Waals surface area (Å²) in [6, 6.07) is 0.621. The molecule has 1 unspecified atom stereocenters. The average Bonchev–Trinajstić information content (AvgIpc) is 2.27. The van der Waals surface area contributed by atoms with Gasteiger partial charge in [0.2, 0.25) is 5.91 Å². The van der Waals surface area contributed by atoms with Crippen LogP contribution in [0.2, 0.25) is 0 Å². The Hall–Kier alpha value is -0.320. The molecule has 1 fully saturated rings. The first-order valence-electron chi connectivity index (χ1n) is 6.28. The van der Waals surface area contributed by atoms with E-state index in [0.717, 1.165) is 13.1 Å². The Labute approximate surface area is 111 Å². The number of amides is 1. The van der Waals surface area contributed by atoms with E-state index in [2.05, 4.69) is 29.4 Å². The van der Waals surface area contributed by atoms with Crippen LogP contribution in [0.4, 0.5) is 0 Å². The van der Waals surface area contributed by atoms with E-state index in [1.165, 1.54) is 19.4 Å². The van der Waals surface area contributed by atoms with Gasteiger partial charge in [-0.05, 0) is 46.2 Å². The number of likely N-dealkylation sites (N-methyl/N-ethyl adjacent to an activating group) is 1. The molecule has 17 heavy (non-hydrogen) atoms. The van der Waals surface area contributed by atoms with Crippen molar-refractivity contribution in [2.45, 2.75) is 32.7 Å². The number of nitrogens with zero attached hydrogens (tertiary/aromatic N) is 1. The predicted octanol–water partition coefficient (Wildman–Crippen LogP) is 0.864. The zero-order valence-corrected chi connectivity index (χ0v) is 12.0. The Morgan fingerprint density at radius 1 is 1.47 bits per heavy atom. The molecule has 0 aromatic rings. The highest BCUT2D eigenvalue weighted by Gasteiger charge is 2.21. The van der Waals surface area contributed by atoms with E-state index in [0.29, 0.717) is 18.5 Å². The van der Waals surface area contributed by atoms with Crippen LogP contribution in [0.5, 0.6) is 0 Å². The molecule has 4 nitrogen and oxygen atoms in total. The third-order valence-electron chi connectivity index (χ3n) is 3.21. The second-order valence-corrected chi connectivity index (χ2v) is 4.93. The Kier molecular flexibility index (Phi) is 8.56. The summed E-state index contributed by atoms with van der Waals surface area (Å²) >= 11 is 0. The number of halogens is 1. The van der Waals surface area contributed by atoms with Crippen molar-refractivity contribution < 1.29 is 4.79 Å². The van der Waals surface area contributed by atoms with Gasteiger partial charge in [-0.15, -0.1) is 12.4 Å². The van der Waals surface area contributed by atoms with Crippen LogP contribution >= 0.6 is 12.4 Å². The molecule has 1 saturated heterocycles. The van der Waals surface area contributed by atoms with E-state index < -0.39 is 0 Å². The van der Waals surface area contributed by atoms with Gasteiger partial charge in [0.25, 0.3) is 0 Å². The van der Waals surface area contributed by atoms with Gasteiger partial charge in [0.15, 0.2) is 0 Å². The lowest BCUT2D eigenvalue weighted by Gasteiger charge is -2.35. The second kappa shape index (κ2) is 8.72. The minimum absolute atomic E-state index is 0. The number of carbonyl (C=O) groups excluding carboxylic acids is 1. The van der Waals surface area contributed by atoms with Crippen LogP contribution in [0.25, 0.3) is 0 Å². The summed E-state index contributed by atoms with van der Waals surface area (Å²) in [6.07, 6.45) is 2.49. The monoisotopic (exact) mass is 263 g/mol. The van der Waals surface area contributed by atoms with Gasteiger partial charge < -0.3 is 15.5 Å². The van der Waals surface area contributed by atoms with Crippen molar-refractivity contribution in [1.29, 1.82) is 0 Å². The van der Waals surface area contributed by atoms with Gasteiger partial charge >= 0.3 is 0 Å². The lowest BCUT2D eigenvalue weighted by molar-refractivity contribution is -0.120. The molecule has 0 aromatic carbocycles. The molecule has 102 valence electrons. The first kappa shape index (κ1) is 16.7. The summed E-state index contributed by atoms with van der Waals surface area (Å²) < 4.78 is 0. The highest BCUT2D eigenvalue weighted by atomic mass is 35.5. The third-order valence-corrected chi connectivity index (χ3v) is 3.21. The summed E-state index contributed by atoms with van der Waals surface area (Å²) in [7, 11) is 1.79. The molecular formula is C12H26ClN3O. The smallest absolute Gasteiger partial charge is 0.233 e. The molecule has 0 saturated carbocycles. The Balaban J connectivity index is 0.00000256. The maximum atomic E-state index is 11.3. The minimum Gasteiger partial charge on any atom is -0.355 e. The van der Waals surface area contributed by atoms with E-state index in [1.807, 2.05) is 0 Å². The molecule has 0 radical (unpaired) electrons. The Bertz CT molecular complexity index is 224. The molecule has 1 heterocycles. The van der Waals surface area contributed by atoms with E-state index in [-0.39, 0.29) is 18.3 Å². The van der Waals surface area contributed by atoms with E-state index in [4.69, 9.17) is 0 Å². The molecule has 0 spiro atoms. The van der Waals surface area contributed by atoms with Crippen molar-refractivity contribution in [3.05, 3.63) is 0 Å². The Morgan fingerprint density at radius 2 is 2.18 bits per heavy atom. The van der Waals surface area contributed by atoms with E-state index in [1.54, 1.807) is 7.05 Å². The van der Waals surface area contributed by atoms with Crippen molar-refractivity contribution in [2.75, 3.05) is 33.2 Å². The van der Waals surface area contributed by atoms with Crippen molar-refractivity contribution in [1.82, 2.24) is 15.5 Å². The molecule has 1 aliphatic heterocycles. The zero-order chi connectivity index (χ0) is 12.0. The molecule has 0 aliphatic carbocycles. The van der Waals surface area contributed by atoms with Crippen LogP contribution in [0.15, 0.2) is 0 Å². The van der Waals surface area contributed by atoms with Crippen LogP contribution in [0, 0.1) is 5.92 Å². The fraction of sp³-hybridized carbons (Fsp3) is 0.917. The van der Waals surface area contributed by atoms with E-state index in [9.17, 15) is 4.79 Å². The molecule has 0 bridgehead atoms. The fourth-order valence-electron chi connectivity index (χ4n) is 2.21. The number of carbonyl (C=O) groups is 1. The second-order valence-electron chi connectivity index (χ2n) is 4.93. The van der Waals surface area contributed by atoms with Gasteiger partial charge in [0.1, 0.15) is 0 Å². The van der Waals surface area contributed by atoms with Crippen LogP contribution < -0.4 is 10.6 Å². The molecule has 2 N–H and O–H groups in total. The Morgan fingerprint density at radius 3 is 2.76 bits per heavy atom. The van der Waals surface area contributed by atoms with Gasteiger partial charge in [-0.2, -0.15) is 0 Å². The summed E-state index contributed by atoms with van der Waals surface area (Å²) in [6.45, 7) is 8.05. The van der Waals surface area contributed by atoms with Gasteiger partial charge in [0, 0.05) is 19.1 Å². The molecular weight excluding hydrogens is 238 g/mol. The molecule has 1 rings (SSSR count). The zero-order valence-electron chi connectivity index (χ0n) is 11.2. The topological polar surface area (TPSA) is 44.4 Å². The highest BCUT2D eigenvalue weighted by molar-refractivity contribution is 5.85. The molecule has 1 aliphatic rings. The molecule has 0 aromatic heterocycles. The van der Waals surface area contributed by atoms with Crippen molar-refractivity contribution in [3.8, 4) is 0 Å². The number of likely N-dealkylation sites (tertiary alicyclic amines) is 1. The predicted molar refractivity (Wildman–Crippen MR) is 73.6 cm³/mol. The number of rotatable bonds is 5. The van der Waals surface area contributed by atoms with Crippen molar-refractivity contribution >= 4 is 18.3 Å². The molecule has 1 amide bonds. The van der Waals surface area contributed by atoms with Crippen molar-refractivity contribution in [3.63, 3.8) is 0 Å². The van der Waals surface area contributed by atoms with Crippen molar-refractivity contribution in [2.24, 2.45) is 5.92 Å². The first-order valence-corrected chi connectivity index (χ1v) is 6.28. The maximum absolute atomic E-state index is 11.3. The standard InChI is InChI=1S/C12H25N3O.ClH/c1-10(2)15-6-4-5-11(9-15)7-14-12(16)8-13-3;/h10-11,13H,4-9H2,1-3H3,(H,14,16);1H. The number of piperidine rings is 1. The van der Waals surface area contributed by atoms with Gasteiger partial charge in [-0.25, -0.2) is 0 Å². The lowest BCUT2D eigenvalue weighted by atomic mass is 9.97. The quantitative estimate of drug-likeness (QED) is 0.774. The van der Waals surface area contributed by atoms with Gasteiger partial charge in [-0.1, -0.05) is 0 Å². The number of nitrogens with one attached hydrogen (secondary N) is 2. The van der Waals surface area contributed by atoms with Crippen LogP contribution in [-0.2, 0) is 4.79 Å². The fourth-order valence-corrected chi connectivity index (χ4v) is 2.21. The SMILES string of the molecule is CNCC(=O)NCC1CCCN(C(C)C)C1.Cl. The lowest BCUT2D eigenvalue weighted by Crippen LogP contribution is -2.44. The maximum Gasteiger partial charge on any atom is 0.233 e. The van der Waals surface area contributed by atoms with Gasteiger partial charge in [-0.3, -0.25) is 4.79 Å². The average molecular weight is 264 g/mol. The normalized spacial score (nSPS) is 21.1. The summed E-state index contributed by atoms with van der Waals surface area (Å²) in [5.74, 6) is 0.723. The summed E-state index contributed by atoms with van der Waals surface area (Å²) in [4.78, 5) is 13.8.